The first-order valence-electron chi connectivity index (χ1n) is 5.04. The number of thiocarbonyl (C=S) groups is 1. The Labute approximate surface area is 135 Å². The largest absolute Gasteiger partial charge is 1.00 e. The molecule has 1 aromatic rings. The summed E-state index contributed by atoms with van der Waals surface area (Å²) < 4.78 is 10.8. The molecule has 0 spiro atoms. The van der Waals surface area contributed by atoms with Gasteiger partial charge in [0.1, 0.15) is 0 Å². The summed E-state index contributed by atoms with van der Waals surface area (Å²) in [5.74, 6) is 0. The van der Waals surface area contributed by atoms with Gasteiger partial charge in [0, 0.05) is 12.2 Å². The van der Waals surface area contributed by atoms with Gasteiger partial charge in [0.15, 0.2) is 5.11 Å². The molecule has 18 heavy (non-hydrogen) atoms. The second-order valence-corrected chi connectivity index (χ2v) is 5.64. The molecule has 0 amide bonds. The molecule has 0 fully saturated rings. The first kappa shape index (κ1) is 18.1. The van der Waals surface area contributed by atoms with Gasteiger partial charge in [-0.25, -0.2) is 0 Å². The molecule has 0 aliphatic rings. The van der Waals surface area contributed by atoms with E-state index in [0.29, 0.717) is 12.1 Å². The fraction of sp³-hybridized carbons (Fsp3) is 0.300. The van der Waals surface area contributed by atoms with Crippen molar-refractivity contribution in [2.75, 3.05) is 11.4 Å². The van der Waals surface area contributed by atoms with Crippen molar-refractivity contribution in [2.45, 2.75) is 13.1 Å². The van der Waals surface area contributed by atoms with E-state index in [-0.39, 0.29) is 42.3 Å². The van der Waals surface area contributed by atoms with Crippen LogP contribution in [0, 0.1) is 0 Å². The maximum absolute atomic E-state index is 10.8. The molecular formula is C10H16N2NaO3PS. The van der Waals surface area contributed by atoms with Crippen molar-refractivity contribution >= 4 is 30.6 Å². The van der Waals surface area contributed by atoms with Crippen LogP contribution in [0.2, 0.25) is 0 Å². The second kappa shape index (κ2) is 7.60. The summed E-state index contributed by atoms with van der Waals surface area (Å²) >= 11 is 4.90. The number of rotatable bonds is 4. The van der Waals surface area contributed by atoms with E-state index in [1.807, 2.05) is 6.92 Å². The van der Waals surface area contributed by atoms with E-state index in [9.17, 15) is 4.57 Å². The van der Waals surface area contributed by atoms with Gasteiger partial charge in [-0.3, -0.25) is 4.57 Å². The van der Waals surface area contributed by atoms with Crippen LogP contribution in [0.5, 0.6) is 0 Å². The average molecular weight is 298 g/mol. The van der Waals surface area contributed by atoms with Gasteiger partial charge in [-0.1, -0.05) is 12.1 Å². The molecule has 0 aliphatic carbocycles. The smallest absolute Gasteiger partial charge is 1.00 e. The molecule has 1 rings (SSSR count). The van der Waals surface area contributed by atoms with Crippen molar-refractivity contribution in [3.05, 3.63) is 29.8 Å². The first-order valence-corrected chi connectivity index (χ1v) is 7.24. The van der Waals surface area contributed by atoms with Gasteiger partial charge >= 0.3 is 37.2 Å². The van der Waals surface area contributed by atoms with Crippen LogP contribution in [-0.2, 0) is 10.7 Å². The van der Waals surface area contributed by atoms with E-state index in [1.54, 1.807) is 29.2 Å². The third kappa shape index (κ3) is 5.80. The molecule has 0 heterocycles. The maximum Gasteiger partial charge on any atom is 1.00 e. The summed E-state index contributed by atoms with van der Waals surface area (Å²) in [5.41, 5.74) is 6.95. The monoisotopic (exact) mass is 298 g/mol. The summed E-state index contributed by atoms with van der Waals surface area (Å²) in [6, 6.07) is 6.81. The van der Waals surface area contributed by atoms with Gasteiger partial charge in [-0.2, -0.15) is 0 Å². The van der Waals surface area contributed by atoms with Crippen LogP contribution in [0.1, 0.15) is 13.9 Å². The summed E-state index contributed by atoms with van der Waals surface area (Å²) in [4.78, 5) is 19.4. The van der Waals surface area contributed by atoms with Crippen LogP contribution < -0.4 is 40.2 Å². The van der Waals surface area contributed by atoms with Crippen molar-refractivity contribution in [1.29, 1.82) is 0 Å². The summed E-state index contributed by atoms with van der Waals surface area (Å²) in [7, 11) is -4.02. The first-order chi connectivity index (χ1) is 7.83. The van der Waals surface area contributed by atoms with Gasteiger partial charge in [0.2, 0.25) is 0 Å². The van der Waals surface area contributed by atoms with E-state index in [0.717, 1.165) is 5.69 Å². The Morgan fingerprint density at radius 1 is 1.44 bits per heavy atom. The van der Waals surface area contributed by atoms with E-state index < -0.39 is 7.60 Å². The van der Waals surface area contributed by atoms with Crippen molar-refractivity contribution < 1.29 is 45.3 Å². The molecular weight excluding hydrogens is 282 g/mol. The predicted octanol–water partition coefficient (Wildman–Crippen LogP) is -1.45. The third-order valence-corrected chi connectivity index (χ3v) is 3.22. The van der Waals surface area contributed by atoms with Crippen molar-refractivity contribution in [3.8, 4) is 0 Å². The molecule has 8 heteroatoms. The third-order valence-electron chi connectivity index (χ3n) is 2.22. The molecule has 4 N–H and O–H groups in total. The zero-order valence-corrected chi connectivity index (χ0v) is 14.1. The van der Waals surface area contributed by atoms with E-state index in [4.69, 9.17) is 27.7 Å². The van der Waals surface area contributed by atoms with Crippen LogP contribution in [-0.4, -0.2) is 21.4 Å². The molecule has 5 nitrogen and oxygen atoms in total. The Morgan fingerprint density at radius 3 is 2.28 bits per heavy atom. The van der Waals surface area contributed by atoms with Crippen LogP contribution in [0.25, 0.3) is 0 Å². The Bertz CT molecular complexity index is 455. The van der Waals surface area contributed by atoms with Crippen molar-refractivity contribution in [3.63, 3.8) is 0 Å². The quantitative estimate of drug-likeness (QED) is 0.358. The van der Waals surface area contributed by atoms with Crippen LogP contribution in [0.3, 0.4) is 0 Å². The SMILES string of the molecule is CCN(C(N)=S)c1ccc(CP(=O)(O)O)cc1.[H-].[Na+]. The van der Waals surface area contributed by atoms with Crippen molar-refractivity contribution in [1.82, 2.24) is 0 Å². The number of nitrogens with zero attached hydrogens (tertiary/aromatic N) is 1. The number of hydrogen-bond donors (Lipinski definition) is 3. The normalized spacial score (nSPS) is 10.6. The van der Waals surface area contributed by atoms with Crippen LogP contribution >= 0.6 is 19.8 Å². The van der Waals surface area contributed by atoms with Crippen LogP contribution in [0.4, 0.5) is 5.69 Å². The topological polar surface area (TPSA) is 86.8 Å². The van der Waals surface area contributed by atoms with Gasteiger partial charge < -0.3 is 21.8 Å². The minimum absolute atomic E-state index is 0. The summed E-state index contributed by atoms with van der Waals surface area (Å²) in [6.07, 6.45) is -0.257. The standard InChI is InChI=1S/C10H15N2O3PS.Na.H/c1-2-12(10(11)17)9-5-3-8(4-6-9)7-16(13,14)15;;/h3-6H,2,7H2,1H3,(H2,11,17)(H2,13,14,15);;/q;+1;-1. The van der Waals surface area contributed by atoms with Gasteiger partial charge in [0.05, 0.1) is 6.16 Å². The van der Waals surface area contributed by atoms with Crippen LogP contribution in [0.15, 0.2) is 24.3 Å². The van der Waals surface area contributed by atoms with E-state index >= 15 is 0 Å². The molecule has 0 saturated heterocycles. The maximum atomic E-state index is 10.8. The molecule has 0 aliphatic heterocycles. The Kier molecular flexibility index (Phi) is 7.63. The molecule has 0 aromatic heterocycles. The molecule has 0 unspecified atom stereocenters. The Balaban J connectivity index is 0. The average Bonchev–Trinajstić information content (AvgIpc) is 2.18. The molecule has 0 saturated carbocycles. The zero-order chi connectivity index (χ0) is 13.1. The molecule has 0 radical (unpaired) electrons. The molecule has 0 atom stereocenters. The van der Waals surface area contributed by atoms with Gasteiger partial charge in [0.25, 0.3) is 0 Å². The minimum atomic E-state index is -4.02. The van der Waals surface area contributed by atoms with Gasteiger partial charge in [-0.05, 0) is 36.8 Å². The number of nitrogens with two attached hydrogens (primary N) is 1. The van der Waals surface area contributed by atoms with E-state index in [1.165, 1.54) is 0 Å². The Hall–Kier alpha value is 0.0600. The van der Waals surface area contributed by atoms with Crippen molar-refractivity contribution in [2.24, 2.45) is 5.73 Å². The molecule has 96 valence electrons. The minimum Gasteiger partial charge on any atom is -1.00 e. The zero-order valence-electron chi connectivity index (χ0n) is 11.4. The molecule has 0 bridgehead atoms. The van der Waals surface area contributed by atoms with E-state index in [2.05, 4.69) is 0 Å². The number of anilines is 1. The predicted molar refractivity (Wildman–Crippen MR) is 73.1 cm³/mol. The second-order valence-electron chi connectivity index (χ2n) is 3.57. The molecule has 1 aromatic carbocycles. The fourth-order valence-corrected chi connectivity index (χ4v) is 2.41. The van der Waals surface area contributed by atoms with Gasteiger partial charge in [-0.15, -0.1) is 0 Å². The summed E-state index contributed by atoms with van der Waals surface area (Å²) in [5, 5.41) is 0.273. The fourth-order valence-electron chi connectivity index (χ4n) is 1.48. The number of hydrogen-bond acceptors (Lipinski definition) is 2. The number of benzene rings is 1. The summed E-state index contributed by atoms with van der Waals surface area (Å²) in [6.45, 7) is 2.57. The Morgan fingerprint density at radius 2 is 1.94 bits per heavy atom.